The Morgan fingerprint density at radius 1 is 0.656 bits per heavy atom. The standard InChI is InChI=1S/C66H105N11O13/c1-39(2)33-47(55(81)69-49(35-41(5)6)57(83)74-65(11,12)62(88)75-63(7,8)60(86)67-31-28-52(78)72-66(29-20-30-66)38-76(13)14)70-61(87)64(9,10)73-56(82)48(34-40(3)4)68-53(79)45(27-24-42-21-17-16-18-22-42)54(80)71-51-23-19-32-77(51)58(84)46-36-43-25-26-44(89-15)37-50(43)90-59(46)85/h25-26,36-37,39-42,45,47-49,51H,16-24,27-35,38H2,1-15H3,(H,67,86)(H,68,79)(H,69,81)(H,70,87)(H,71,80)(H,72,78)(H,73,82)(H,74,83)(H,75,88)/t45-,47-,48-,49-,51-/m0/s1. The molecule has 5 rings (SSSR count). The van der Waals surface area contributed by atoms with Gasteiger partial charge < -0.3 is 66.8 Å². The number of carbonyl (C=O) groups excluding carboxylic acids is 10. The average molecular weight is 1260 g/mol. The zero-order valence-electron chi connectivity index (χ0n) is 56.1. The van der Waals surface area contributed by atoms with Crippen molar-refractivity contribution in [1.82, 2.24) is 57.7 Å². The third-order valence-electron chi connectivity index (χ3n) is 17.2. The van der Waals surface area contributed by atoms with Gasteiger partial charge in [0, 0.05) is 37.5 Å². The molecule has 2 aromatic rings. The molecule has 1 aromatic carbocycles. The first-order valence-corrected chi connectivity index (χ1v) is 32.4. The van der Waals surface area contributed by atoms with E-state index >= 15 is 0 Å². The van der Waals surface area contributed by atoms with Gasteiger partial charge in [0.25, 0.3) is 5.91 Å². The SMILES string of the molecule is COc1ccc2cc(C(=O)N3CCC[C@H]3NC(=O)[C@@H](CCC3CCCCC3)C(=O)N[C@@H](CC(C)C)C(=O)NC(C)(C)C(=O)N[C@@H](CC(C)C)C(=O)N[C@@H](CC(C)C)C(=O)NC(C)(C)C(=O)NC(C)(C)C(=O)NCCC(=O)NC3(CN(C)C)CCC3)c(=O)oc2c1. The summed E-state index contributed by atoms with van der Waals surface area (Å²) in [5, 5.41) is 26.0. The lowest BCUT2D eigenvalue weighted by Crippen LogP contribution is -2.65. The van der Waals surface area contributed by atoms with Crippen LogP contribution < -0.4 is 58.2 Å². The van der Waals surface area contributed by atoms with Gasteiger partial charge in [-0.3, -0.25) is 47.9 Å². The van der Waals surface area contributed by atoms with Gasteiger partial charge in [0.1, 0.15) is 63.7 Å². The Kier molecular flexibility index (Phi) is 26.4. The molecule has 0 bridgehead atoms. The van der Waals surface area contributed by atoms with Crippen LogP contribution in [0.3, 0.4) is 0 Å². The van der Waals surface area contributed by atoms with Crippen molar-refractivity contribution in [2.45, 2.75) is 232 Å². The minimum Gasteiger partial charge on any atom is -0.497 e. The van der Waals surface area contributed by atoms with E-state index in [1.54, 1.807) is 18.2 Å². The molecule has 1 aromatic heterocycles. The third-order valence-corrected chi connectivity index (χ3v) is 17.2. The number of nitrogens with one attached hydrogen (secondary N) is 9. The second-order valence-corrected chi connectivity index (χ2v) is 28.4. The van der Waals surface area contributed by atoms with Crippen LogP contribution in [0.25, 0.3) is 11.0 Å². The number of ether oxygens (including phenoxy) is 1. The molecule has 0 unspecified atom stereocenters. The van der Waals surface area contributed by atoms with Gasteiger partial charge in [-0.2, -0.15) is 0 Å². The largest absolute Gasteiger partial charge is 0.497 e. The van der Waals surface area contributed by atoms with Gasteiger partial charge in [-0.05, 0) is 162 Å². The van der Waals surface area contributed by atoms with Crippen molar-refractivity contribution in [2.24, 2.45) is 29.6 Å². The van der Waals surface area contributed by atoms with E-state index in [1.807, 2.05) is 60.5 Å². The number of benzene rings is 1. The Morgan fingerprint density at radius 3 is 1.76 bits per heavy atom. The van der Waals surface area contributed by atoms with Crippen LogP contribution >= 0.6 is 0 Å². The number of amides is 10. The summed E-state index contributed by atoms with van der Waals surface area (Å²) in [6, 6.07) is 2.75. The van der Waals surface area contributed by atoms with Gasteiger partial charge in [-0.15, -0.1) is 0 Å². The zero-order chi connectivity index (χ0) is 67.1. The lowest BCUT2D eigenvalue weighted by atomic mass is 9.76. The Morgan fingerprint density at radius 2 is 1.21 bits per heavy atom. The minimum atomic E-state index is -1.69. The number of rotatable bonds is 32. The van der Waals surface area contributed by atoms with Crippen LogP contribution in [-0.4, -0.2) is 156 Å². The van der Waals surface area contributed by atoms with E-state index in [1.165, 1.54) is 59.6 Å². The molecular formula is C66H105N11O13. The van der Waals surface area contributed by atoms with E-state index in [0.29, 0.717) is 36.9 Å². The quantitative estimate of drug-likeness (QED) is 0.0350. The van der Waals surface area contributed by atoms with Gasteiger partial charge >= 0.3 is 5.63 Å². The Hall–Kier alpha value is -7.11. The van der Waals surface area contributed by atoms with E-state index in [4.69, 9.17) is 9.15 Å². The first-order chi connectivity index (χ1) is 42.0. The molecule has 502 valence electrons. The lowest BCUT2D eigenvalue weighted by Gasteiger charge is -2.44. The molecule has 5 atom stereocenters. The molecule has 10 amide bonds. The average Bonchev–Trinajstić information content (AvgIpc) is 1.26. The van der Waals surface area contributed by atoms with Gasteiger partial charge in [0.15, 0.2) is 0 Å². The van der Waals surface area contributed by atoms with Crippen LogP contribution in [0, 0.1) is 29.6 Å². The fourth-order valence-electron chi connectivity index (χ4n) is 12.0. The van der Waals surface area contributed by atoms with Gasteiger partial charge in [0.05, 0.1) is 12.6 Å². The molecule has 9 N–H and O–H groups in total. The normalized spacial score (nSPS) is 17.5. The maximum atomic E-state index is 14.6. The van der Waals surface area contributed by atoms with Crippen molar-refractivity contribution < 1.29 is 57.1 Å². The number of likely N-dealkylation sites (N-methyl/N-ethyl adjacent to an activating group) is 1. The van der Waals surface area contributed by atoms with Crippen molar-refractivity contribution in [1.29, 1.82) is 0 Å². The van der Waals surface area contributed by atoms with Crippen LogP contribution in [0.4, 0.5) is 0 Å². The monoisotopic (exact) mass is 1260 g/mol. The predicted molar refractivity (Wildman–Crippen MR) is 342 cm³/mol. The molecular weight excluding hydrogens is 1150 g/mol. The van der Waals surface area contributed by atoms with E-state index in [9.17, 15) is 52.7 Å². The first-order valence-electron chi connectivity index (χ1n) is 32.4. The highest BCUT2D eigenvalue weighted by molar-refractivity contribution is 6.04. The second kappa shape index (κ2) is 32.3. The molecule has 2 aliphatic carbocycles. The summed E-state index contributed by atoms with van der Waals surface area (Å²) in [4.78, 5) is 157. The predicted octanol–water partition coefficient (Wildman–Crippen LogP) is 4.84. The number of hydrogen-bond acceptors (Lipinski definition) is 14. The molecule has 1 saturated heterocycles. The van der Waals surface area contributed by atoms with Crippen LogP contribution in [0.5, 0.6) is 5.75 Å². The number of nitrogens with zero attached hydrogens (tertiary/aromatic N) is 2. The number of fused-ring (bicyclic) bond motifs is 1. The molecule has 0 spiro atoms. The van der Waals surface area contributed by atoms with Crippen molar-refractivity contribution in [3.05, 3.63) is 40.2 Å². The van der Waals surface area contributed by atoms with Crippen molar-refractivity contribution >= 4 is 70.0 Å². The zero-order valence-corrected chi connectivity index (χ0v) is 56.1. The highest BCUT2D eigenvalue weighted by atomic mass is 16.5. The summed E-state index contributed by atoms with van der Waals surface area (Å²) in [5.41, 5.74) is -5.85. The smallest absolute Gasteiger partial charge is 0.349 e. The van der Waals surface area contributed by atoms with Gasteiger partial charge in [-0.25, -0.2) is 4.79 Å². The van der Waals surface area contributed by atoms with E-state index in [2.05, 4.69) is 47.9 Å². The molecule has 3 aliphatic rings. The summed E-state index contributed by atoms with van der Waals surface area (Å²) in [6.07, 6.45) is 9.08. The van der Waals surface area contributed by atoms with Crippen LogP contribution in [0.15, 0.2) is 33.5 Å². The summed E-state index contributed by atoms with van der Waals surface area (Å²) in [7, 11) is 5.39. The van der Waals surface area contributed by atoms with Crippen molar-refractivity contribution in [3.63, 3.8) is 0 Å². The fourth-order valence-corrected chi connectivity index (χ4v) is 12.0. The van der Waals surface area contributed by atoms with Crippen LogP contribution in [0.1, 0.15) is 196 Å². The fraction of sp³-hybridized carbons (Fsp3) is 0.712. The second-order valence-electron chi connectivity index (χ2n) is 28.4. The lowest BCUT2D eigenvalue weighted by molar-refractivity contribution is -0.140. The number of carbonyl (C=O) groups is 10. The summed E-state index contributed by atoms with van der Waals surface area (Å²) in [6.45, 7) is 21.0. The maximum absolute atomic E-state index is 14.6. The molecule has 24 heteroatoms. The van der Waals surface area contributed by atoms with E-state index < -0.39 is 106 Å². The molecule has 90 heavy (non-hydrogen) atoms. The Bertz CT molecular complexity index is 2940. The van der Waals surface area contributed by atoms with Crippen LogP contribution in [-0.2, 0) is 43.2 Å². The summed E-state index contributed by atoms with van der Waals surface area (Å²) >= 11 is 0. The maximum Gasteiger partial charge on any atom is 0.349 e. The highest BCUT2D eigenvalue weighted by Gasteiger charge is 2.43. The third kappa shape index (κ3) is 21.2. The Labute approximate surface area is 531 Å². The highest BCUT2D eigenvalue weighted by Crippen LogP contribution is 2.33. The molecule has 24 nitrogen and oxygen atoms in total. The molecule has 2 heterocycles. The van der Waals surface area contributed by atoms with Gasteiger partial charge in [0.2, 0.25) is 53.2 Å². The minimum absolute atomic E-state index is 0.0388. The van der Waals surface area contributed by atoms with Crippen LogP contribution in [0.2, 0.25) is 0 Å². The molecule has 1 aliphatic heterocycles. The Balaban J connectivity index is 1.23. The number of methoxy groups -OCH3 is 1. The molecule has 2 saturated carbocycles. The summed E-state index contributed by atoms with van der Waals surface area (Å²) < 4.78 is 10.8. The van der Waals surface area contributed by atoms with E-state index in [0.717, 1.165) is 51.4 Å². The van der Waals surface area contributed by atoms with Gasteiger partial charge in [-0.1, -0.05) is 73.6 Å². The molecule has 0 radical (unpaired) electrons. The van der Waals surface area contributed by atoms with Crippen molar-refractivity contribution in [3.8, 4) is 5.75 Å². The number of likely N-dealkylation sites (tertiary alicyclic amines) is 1. The van der Waals surface area contributed by atoms with E-state index in [-0.39, 0.29) is 91.5 Å². The number of hydrogen-bond donors (Lipinski definition) is 9. The van der Waals surface area contributed by atoms with Crippen molar-refractivity contribution in [2.75, 3.05) is 40.8 Å². The summed E-state index contributed by atoms with van der Waals surface area (Å²) in [5.74, 6) is -7.18. The molecule has 3 fully saturated rings. The first kappa shape index (κ1) is 73.6. The topological polar surface area (TPSA) is 325 Å².